The molecule has 5 atom stereocenters. The summed E-state index contributed by atoms with van der Waals surface area (Å²) < 4.78 is 41.9. The number of hydrogen-bond acceptors (Lipinski definition) is 29. The van der Waals surface area contributed by atoms with E-state index in [4.69, 9.17) is 71.4 Å². The van der Waals surface area contributed by atoms with Gasteiger partial charge in [0.2, 0.25) is 17.8 Å². The number of nitrogens with one attached hydrogen (secondary N) is 4. The normalized spacial score (nSPS) is 12.7. The van der Waals surface area contributed by atoms with Gasteiger partial charge in [-0.15, -0.1) is 0 Å². The van der Waals surface area contributed by atoms with Crippen molar-refractivity contribution in [1.29, 1.82) is 0 Å². The van der Waals surface area contributed by atoms with Crippen molar-refractivity contribution in [2.75, 3.05) is 56.8 Å². The zero-order valence-corrected chi connectivity index (χ0v) is 79.8. The number of amides is 1. The molecule has 2 unspecified atom stereocenters. The molecule has 0 radical (unpaired) electrons. The topological polar surface area (TPSA) is 575 Å². The largest absolute Gasteiger partial charge is 0.481 e. The maximum absolute atomic E-state index is 12.3. The van der Waals surface area contributed by atoms with Crippen molar-refractivity contribution < 1.29 is 87.5 Å². The highest BCUT2D eigenvalue weighted by atomic mass is 16.6. The summed E-state index contributed by atoms with van der Waals surface area (Å²) in [6.45, 7) is 20.3. The Kier molecular flexibility index (Phi) is 64.0. The number of esters is 3. The van der Waals surface area contributed by atoms with Crippen LogP contribution < -0.4 is 44.9 Å². The summed E-state index contributed by atoms with van der Waals surface area (Å²) in [4.78, 5) is 135. The number of carbonyl (C=O) groups excluding carboxylic acids is 4. The molecule has 0 bridgehead atoms. The van der Waals surface area contributed by atoms with Crippen LogP contribution in [0, 0.1) is 11.8 Å². The molecule has 0 saturated carbocycles. The minimum atomic E-state index is -1.06. The van der Waals surface area contributed by atoms with Gasteiger partial charge in [-0.1, -0.05) is 213 Å². The van der Waals surface area contributed by atoms with Crippen LogP contribution in [0.15, 0.2) is 69.8 Å². The number of rotatable bonds is 65. The number of hydrogen-bond donors (Lipinski definition) is 13. The number of unbranched alkanes of at least 4 members (excludes halogenated alkanes) is 24. The van der Waals surface area contributed by atoms with E-state index >= 15 is 0 Å². The number of aliphatic carboxylic acids is 2. The highest BCUT2D eigenvalue weighted by Crippen LogP contribution is 2.20. The van der Waals surface area contributed by atoms with Crippen LogP contribution in [-0.4, -0.2) is 196 Å². The summed E-state index contributed by atoms with van der Waals surface area (Å²) in [6.07, 6.45) is 55.0. The fourth-order valence-corrected chi connectivity index (χ4v) is 13.0. The van der Waals surface area contributed by atoms with Crippen molar-refractivity contribution in [3.63, 3.8) is 0 Å². The Bertz CT molecular complexity index is 4380. The number of nitrogen functional groups attached to an aromatic ring is 3. The summed E-state index contributed by atoms with van der Waals surface area (Å²) in [7, 11) is 0. The number of carboxylic acid groups (broad SMARTS) is 2. The maximum Gasteiger partial charge on any atom is 0.408 e. The Morgan fingerprint density at radius 2 is 0.817 bits per heavy atom. The Hall–Kier alpha value is -9.99. The number of fused-ring (bicyclic) bond motifs is 3. The molecule has 38 heteroatoms. The number of carbonyl (C=O) groups is 6. The average molecular weight is 1850 g/mol. The molecule has 0 aliphatic carbocycles. The molecule has 0 spiro atoms. The zero-order chi connectivity index (χ0) is 97.0. The van der Waals surface area contributed by atoms with Crippen molar-refractivity contribution in [3.05, 3.63) is 86.5 Å². The molecule has 17 N–H and O–H groups in total. The highest BCUT2D eigenvalue weighted by molar-refractivity contribution is 5.80. The van der Waals surface area contributed by atoms with E-state index in [0.717, 1.165) is 173 Å². The quantitative estimate of drug-likeness (QED) is 0.00730. The van der Waals surface area contributed by atoms with E-state index in [9.17, 15) is 53.4 Å². The lowest BCUT2D eigenvalue weighted by molar-refractivity contribution is -0.152. The molecule has 0 aliphatic heterocycles. The number of aliphatic hydroxyl groups excluding tert-OH is 3. The molecule has 6 heterocycles. The van der Waals surface area contributed by atoms with Gasteiger partial charge >= 0.3 is 35.9 Å². The van der Waals surface area contributed by atoms with Crippen LogP contribution in [0.5, 0.6) is 0 Å². The fourth-order valence-electron chi connectivity index (χ4n) is 13.0. The number of imidazole rings is 3. The lowest BCUT2D eigenvalue weighted by Crippen LogP contribution is -2.46. The summed E-state index contributed by atoms with van der Waals surface area (Å²) in [6, 6.07) is -1.49. The van der Waals surface area contributed by atoms with Crippen LogP contribution in [0.1, 0.15) is 320 Å². The molecular weight excluding hydrogens is 1690 g/mol. The second-order valence-electron chi connectivity index (χ2n) is 34.1. The van der Waals surface area contributed by atoms with E-state index in [1.807, 2.05) is 13.8 Å². The molecule has 6 aromatic rings. The Morgan fingerprint density at radius 1 is 0.466 bits per heavy atom. The van der Waals surface area contributed by atoms with Crippen LogP contribution in [0.3, 0.4) is 0 Å². The second kappa shape index (κ2) is 71.7. The third-order valence-corrected chi connectivity index (χ3v) is 20.4. The van der Waals surface area contributed by atoms with Crippen molar-refractivity contribution in [2.45, 2.75) is 376 Å². The van der Waals surface area contributed by atoms with Crippen LogP contribution in [0.2, 0.25) is 0 Å². The Labute approximate surface area is 771 Å². The van der Waals surface area contributed by atoms with Gasteiger partial charge in [-0.3, -0.25) is 62.2 Å². The number of nitrogens with two attached hydrogens (primary N) is 4. The van der Waals surface area contributed by atoms with Gasteiger partial charge < -0.3 is 86.9 Å². The third-order valence-electron chi connectivity index (χ3n) is 20.4. The van der Waals surface area contributed by atoms with Gasteiger partial charge in [0, 0.05) is 25.7 Å². The molecule has 0 saturated heterocycles. The van der Waals surface area contributed by atoms with E-state index in [1.165, 1.54) is 81.3 Å². The van der Waals surface area contributed by atoms with E-state index < -0.39 is 46.8 Å². The van der Waals surface area contributed by atoms with Gasteiger partial charge in [0.05, 0.1) is 57.6 Å². The Morgan fingerprint density at radius 3 is 1.17 bits per heavy atom. The van der Waals surface area contributed by atoms with E-state index in [1.54, 1.807) is 43.8 Å². The summed E-state index contributed by atoms with van der Waals surface area (Å²) in [5.41, 5.74) is 22.4. The predicted molar refractivity (Wildman–Crippen MR) is 507 cm³/mol. The second-order valence-corrected chi connectivity index (χ2v) is 34.1. The predicted octanol–water partition coefficient (Wildman–Crippen LogP) is 14.4. The number of aromatic nitrogens is 12. The number of carboxylic acids is 2. The minimum absolute atomic E-state index is 0.00578. The smallest absolute Gasteiger partial charge is 0.408 e. The van der Waals surface area contributed by atoms with Gasteiger partial charge in [0.15, 0.2) is 33.5 Å². The zero-order valence-electron chi connectivity index (χ0n) is 79.8. The molecule has 1 amide bonds. The van der Waals surface area contributed by atoms with Crippen molar-refractivity contribution in [1.82, 2.24) is 63.9 Å². The number of allylic oxidation sites excluding steroid dienone is 3. The Balaban J connectivity index is 0.000000590. The van der Waals surface area contributed by atoms with E-state index in [-0.39, 0.29) is 148 Å². The van der Waals surface area contributed by atoms with Crippen LogP contribution in [0.4, 0.5) is 22.6 Å². The first-order valence-electron chi connectivity index (χ1n) is 47.2. The molecule has 131 heavy (non-hydrogen) atoms. The van der Waals surface area contributed by atoms with Gasteiger partial charge in [0.1, 0.15) is 57.2 Å². The number of aromatic amines is 3. The molecule has 0 fully saturated rings. The number of anilines is 3. The number of alkyl carbamates (subject to hydrolysis) is 1. The molecule has 0 aliphatic rings. The standard InChI is InChI=1S/C31H52N6O6.C26H43N5O5.C18H34O3.C10H19NO4.C8H11N5O3/c1-4-5-6-13-16-24(43-30(40)26(32)23(2)3)17-14-11-9-7-8-10-12-15-18-25(38)42-20-19-41-22-37-21-34-27-28(37)35-31(33)36-29(27)39;1-2-3-4-11-14-21(32)15-12-9-7-5-6-8-10-13-16-22(33)36-18-17-35-20-31-19-28-23-24(31)29-26(27)30-25(23)34;1-2-3-4-11-14-17(19)15-12-9-7-5-6-8-10-13-16-18(20)21;1-6(2)7(8(12)13)11-9(14)15-10(3,4)5;9-8-11-6-5(7(15)12-8)10-3-13(6)4-16-2-1-14/h11,14,21,23-24,26H,4-10,12-13,15-20,22,32H2,1-3H3,(H3,33,35,36,39);9,12,19,21,32H,2-8,10-11,13-18,20H2,1H3,(H3,27,29,30,34);9,12,17,19H,2-8,10-11,13-16H2,1H3,(H,20,21);6-7H,1-5H3,(H,11,14)(H,12,13);3,14H,1-2,4H2,(H3,9,11,12,15)/b14-11-;2*12-9-;;/t24-,26?;21-;17-;;/m111../s1. The first kappa shape index (κ1) is 117. The molecule has 6 rings (SSSR count). The monoisotopic (exact) mass is 1850 g/mol. The van der Waals surface area contributed by atoms with Crippen LogP contribution >= 0.6 is 0 Å². The summed E-state index contributed by atoms with van der Waals surface area (Å²) >= 11 is 0. The molecule has 6 aromatic heterocycles. The summed E-state index contributed by atoms with van der Waals surface area (Å²) in [5, 5.41) is 47.9. The van der Waals surface area contributed by atoms with Crippen molar-refractivity contribution in [3.8, 4) is 0 Å². The van der Waals surface area contributed by atoms with Gasteiger partial charge in [-0.25, -0.2) is 24.5 Å². The fraction of sp³-hybridized carbons (Fsp3) is 0.710. The lowest BCUT2D eigenvalue weighted by atomic mass is 10.0. The SMILES string of the molecule is CC(C)C(NC(=O)OC(C)(C)C)C(=O)O.CCCCCC[C@@H](O)C/C=C\CCCCCCCC(=O)O.CCCCCC[C@@H](O)C/C=C\CCCCCCCC(=O)OCCOCn1cnc2c(=O)[nH]c(N)nc21.CCCCCC[C@H](C/C=C\CCCCCCCC(=O)OCCOCn1cnc2c(=O)[nH]c(N)nc21)OC(=O)C(N)C(C)C.Nc1nc2c(ncn2COCCO)c(=O)[nH]1. The first-order chi connectivity index (χ1) is 62.7. The highest BCUT2D eigenvalue weighted by Gasteiger charge is 2.27. The van der Waals surface area contributed by atoms with E-state index in [0.29, 0.717) is 36.2 Å². The lowest BCUT2D eigenvalue weighted by Gasteiger charge is -2.23. The van der Waals surface area contributed by atoms with Crippen LogP contribution in [-0.2, 0) is 77.3 Å². The molecular formula is C93H159N17O21. The first-order valence-corrected chi connectivity index (χ1v) is 47.2. The number of nitrogens with zero attached hydrogens (tertiary/aromatic N) is 9. The van der Waals surface area contributed by atoms with Crippen molar-refractivity contribution >= 4 is 87.3 Å². The molecule has 742 valence electrons. The average Bonchev–Trinajstić information content (AvgIpc) is 1.68. The number of H-pyrrole nitrogens is 3. The van der Waals surface area contributed by atoms with E-state index in [2.05, 4.69) is 107 Å². The number of aliphatic hydroxyl groups is 3. The molecule has 0 aromatic carbocycles. The number of ether oxygens (including phenoxy) is 7. The maximum atomic E-state index is 12.3. The summed E-state index contributed by atoms with van der Waals surface area (Å²) in [5.74, 6) is -2.58. The molecule has 38 nitrogen and oxygen atoms in total. The van der Waals surface area contributed by atoms with Crippen LogP contribution in [0.25, 0.3) is 33.5 Å². The van der Waals surface area contributed by atoms with Gasteiger partial charge in [-0.05, 0) is 129 Å². The van der Waals surface area contributed by atoms with Crippen molar-refractivity contribution in [2.24, 2.45) is 17.6 Å². The third kappa shape index (κ3) is 56.5. The minimum Gasteiger partial charge on any atom is -0.481 e. The van der Waals surface area contributed by atoms with Gasteiger partial charge in [0.25, 0.3) is 16.7 Å². The van der Waals surface area contributed by atoms with Gasteiger partial charge in [-0.2, -0.15) is 15.0 Å².